The molecule has 0 aliphatic rings. The van der Waals surface area contributed by atoms with E-state index in [2.05, 4.69) is 5.32 Å². The Morgan fingerprint density at radius 1 is 1.04 bits per heavy atom. The number of carbonyl (C=O) groups is 3. The highest BCUT2D eigenvalue weighted by atomic mass is 32.1. The predicted molar refractivity (Wildman–Crippen MR) is 101 cm³/mol. The van der Waals surface area contributed by atoms with Crippen molar-refractivity contribution in [1.82, 2.24) is 5.32 Å². The van der Waals surface area contributed by atoms with Crippen molar-refractivity contribution in [3.8, 4) is 0 Å². The highest BCUT2D eigenvalue weighted by Crippen LogP contribution is 2.26. The summed E-state index contributed by atoms with van der Waals surface area (Å²) in [5.41, 5.74) is 0.817. The summed E-state index contributed by atoms with van der Waals surface area (Å²) in [6, 6.07) is 12.0. The van der Waals surface area contributed by atoms with Crippen molar-refractivity contribution < 1.29 is 34.4 Å². The summed E-state index contributed by atoms with van der Waals surface area (Å²) in [5, 5.41) is 31.2. The van der Waals surface area contributed by atoms with Crippen LogP contribution in [0.1, 0.15) is 39.1 Å². The zero-order valence-corrected chi connectivity index (χ0v) is 15.7. The Kier molecular flexibility index (Phi) is 8.12. The highest BCUT2D eigenvalue weighted by molar-refractivity contribution is 7.14. The number of thiophene rings is 1. The number of carbonyl (C=O) groups excluding carboxylic acids is 2. The number of rotatable bonds is 10. The van der Waals surface area contributed by atoms with Crippen molar-refractivity contribution in [2.45, 2.75) is 31.7 Å². The summed E-state index contributed by atoms with van der Waals surface area (Å²) in [5.74, 6) is -1.41. The van der Waals surface area contributed by atoms with E-state index in [9.17, 15) is 24.6 Å². The molecular formula is C19H21NO7S. The number of hydrogen-bond acceptors (Lipinski definition) is 7. The molecule has 9 heteroatoms. The van der Waals surface area contributed by atoms with E-state index in [1.807, 2.05) is 18.2 Å². The van der Waals surface area contributed by atoms with Crippen molar-refractivity contribution in [2.75, 3.05) is 6.54 Å². The number of carboxylic acids is 1. The van der Waals surface area contributed by atoms with Gasteiger partial charge < -0.3 is 25.4 Å². The molecule has 2 atom stereocenters. The van der Waals surface area contributed by atoms with E-state index in [4.69, 9.17) is 9.84 Å². The number of benzene rings is 1. The van der Waals surface area contributed by atoms with Crippen LogP contribution in [0.4, 0.5) is 4.79 Å². The Labute approximate surface area is 165 Å². The summed E-state index contributed by atoms with van der Waals surface area (Å²) in [7, 11) is 0. The van der Waals surface area contributed by atoms with Gasteiger partial charge in [-0.2, -0.15) is 0 Å². The van der Waals surface area contributed by atoms with Gasteiger partial charge in [0.25, 0.3) is 0 Å². The molecule has 2 rings (SSSR count). The second-order valence-electron chi connectivity index (χ2n) is 5.97. The van der Waals surface area contributed by atoms with Gasteiger partial charge in [-0.05, 0) is 17.7 Å². The first-order valence-electron chi connectivity index (χ1n) is 8.52. The van der Waals surface area contributed by atoms with Gasteiger partial charge in [-0.15, -0.1) is 11.3 Å². The summed E-state index contributed by atoms with van der Waals surface area (Å²) < 4.78 is 5.01. The van der Waals surface area contributed by atoms with Gasteiger partial charge in [0.15, 0.2) is 5.78 Å². The van der Waals surface area contributed by atoms with E-state index in [1.165, 1.54) is 12.1 Å². The molecule has 2 unspecified atom stereocenters. The fourth-order valence-corrected chi connectivity index (χ4v) is 3.29. The third-order valence-electron chi connectivity index (χ3n) is 3.79. The van der Waals surface area contributed by atoms with Crippen LogP contribution in [0, 0.1) is 0 Å². The SMILES string of the molecule is O=C(O)CCC(=O)c1ccc(C(O)C(O)CNC(=O)OCc2ccccc2)s1. The number of ketones is 1. The zero-order chi connectivity index (χ0) is 20.5. The van der Waals surface area contributed by atoms with Crippen LogP contribution in [0.15, 0.2) is 42.5 Å². The zero-order valence-electron chi connectivity index (χ0n) is 14.9. The predicted octanol–water partition coefficient (Wildman–Crippen LogP) is 2.12. The van der Waals surface area contributed by atoms with Gasteiger partial charge in [-0.3, -0.25) is 9.59 Å². The van der Waals surface area contributed by atoms with Crippen molar-refractivity contribution in [2.24, 2.45) is 0 Å². The number of aliphatic hydroxyl groups is 2. The van der Waals surface area contributed by atoms with Gasteiger partial charge in [0.2, 0.25) is 0 Å². The first-order valence-corrected chi connectivity index (χ1v) is 9.34. The molecule has 4 N–H and O–H groups in total. The topological polar surface area (TPSA) is 133 Å². The minimum atomic E-state index is -1.31. The van der Waals surface area contributed by atoms with Crippen LogP contribution in [0.25, 0.3) is 0 Å². The van der Waals surface area contributed by atoms with Crippen LogP contribution in [0.3, 0.4) is 0 Å². The third-order valence-corrected chi connectivity index (χ3v) is 4.99. The Bertz CT molecular complexity index is 806. The first-order chi connectivity index (χ1) is 13.4. The summed E-state index contributed by atoms with van der Waals surface area (Å²) in [6.45, 7) is -0.160. The molecule has 0 saturated carbocycles. The van der Waals surface area contributed by atoms with Crippen LogP contribution in [-0.2, 0) is 16.1 Å². The molecule has 0 saturated heterocycles. The molecule has 1 heterocycles. The minimum Gasteiger partial charge on any atom is -0.481 e. The van der Waals surface area contributed by atoms with Gasteiger partial charge in [-0.25, -0.2) is 4.79 Å². The van der Waals surface area contributed by atoms with Crippen molar-refractivity contribution in [3.05, 3.63) is 57.8 Å². The van der Waals surface area contributed by atoms with E-state index in [0.717, 1.165) is 16.9 Å². The van der Waals surface area contributed by atoms with E-state index in [1.54, 1.807) is 12.1 Å². The Balaban J connectivity index is 1.79. The van der Waals surface area contributed by atoms with E-state index < -0.39 is 24.3 Å². The molecule has 0 bridgehead atoms. The lowest BCUT2D eigenvalue weighted by molar-refractivity contribution is -0.136. The highest BCUT2D eigenvalue weighted by Gasteiger charge is 2.22. The third kappa shape index (κ3) is 6.76. The number of amides is 1. The monoisotopic (exact) mass is 407 g/mol. The van der Waals surface area contributed by atoms with E-state index >= 15 is 0 Å². The van der Waals surface area contributed by atoms with Crippen LogP contribution in [-0.4, -0.2) is 45.8 Å². The summed E-state index contributed by atoms with van der Waals surface area (Å²) >= 11 is 0.974. The Morgan fingerprint density at radius 3 is 2.43 bits per heavy atom. The van der Waals surface area contributed by atoms with Crippen molar-refractivity contribution in [1.29, 1.82) is 0 Å². The fourth-order valence-electron chi connectivity index (χ4n) is 2.27. The standard InChI is InChI=1S/C19H21NO7S/c21-13(6-9-17(23)24)15-7-8-16(28-15)18(25)14(22)10-20-19(26)27-11-12-4-2-1-3-5-12/h1-5,7-8,14,18,22,25H,6,9-11H2,(H,20,26)(H,23,24). The largest absolute Gasteiger partial charge is 0.481 e. The summed E-state index contributed by atoms with van der Waals surface area (Å²) in [6.07, 6.45) is -3.74. The van der Waals surface area contributed by atoms with E-state index in [-0.39, 0.29) is 31.8 Å². The van der Waals surface area contributed by atoms with Gasteiger partial charge in [0.1, 0.15) is 18.8 Å². The lowest BCUT2D eigenvalue weighted by atomic mass is 10.1. The van der Waals surface area contributed by atoms with Crippen LogP contribution in [0.5, 0.6) is 0 Å². The molecule has 1 amide bonds. The fraction of sp³-hybridized carbons (Fsp3) is 0.316. The van der Waals surface area contributed by atoms with Gasteiger partial charge in [0, 0.05) is 17.8 Å². The number of aliphatic carboxylic acids is 1. The number of hydrogen-bond donors (Lipinski definition) is 4. The lowest BCUT2D eigenvalue weighted by Crippen LogP contribution is -2.35. The molecule has 2 aromatic rings. The molecule has 0 spiro atoms. The van der Waals surface area contributed by atoms with Crippen molar-refractivity contribution in [3.63, 3.8) is 0 Å². The maximum absolute atomic E-state index is 11.9. The lowest BCUT2D eigenvalue weighted by Gasteiger charge is -2.17. The minimum absolute atomic E-state index is 0.0814. The number of ether oxygens (including phenoxy) is 1. The smallest absolute Gasteiger partial charge is 0.407 e. The molecule has 150 valence electrons. The molecular weight excluding hydrogens is 386 g/mol. The number of aliphatic hydroxyl groups excluding tert-OH is 2. The number of alkyl carbamates (subject to hydrolysis) is 1. The van der Waals surface area contributed by atoms with Gasteiger partial charge >= 0.3 is 12.1 Å². The average molecular weight is 407 g/mol. The molecule has 0 radical (unpaired) electrons. The van der Waals surface area contributed by atoms with E-state index in [0.29, 0.717) is 9.75 Å². The van der Waals surface area contributed by atoms with Crippen LogP contribution in [0.2, 0.25) is 0 Å². The van der Waals surface area contributed by atoms with Gasteiger partial charge in [0.05, 0.1) is 11.3 Å². The first kappa shape index (κ1) is 21.5. The molecule has 0 fully saturated rings. The molecule has 1 aromatic carbocycles. The maximum Gasteiger partial charge on any atom is 0.407 e. The second kappa shape index (κ2) is 10.5. The Hall–Kier alpha value is -2.75. The Morgan fingerprint density at radius 2 is 1.75 bits per heavy atom. The molecule has 28 heavy (non-hydrogen) atoms. The van der Waals surface area contributed by atoms with Gasteiger partial charge in [-0.1, -0.05) is 30.3 Å². The molecule has 0 aliphatic heterocycles. The van der Waals surface area contributed by atoms with Crippen molar-refractivity contribution >= 4 is 29.2 Å². The summed E-state index contributed by atoms with van der Waals surface area (Å²) in [4.78, 5) is 34.7. The number of Topliss-reactive ketones (excluding diaryl/α,β-unsaturated/α-hetero) is 1. The molecule has 1 aromatic heterocycles. The second-order valence-corrected chi connectivity index (χ2v) is 7.09. The number of nitrogens with one attached hydrogen (secondary N) is 1. The quantitative estimate of drug-likeness (QED) is 0.443. The molecule has 8 nitrogen and oxygen atoms in total. The average Bonchev–Trinajstić information content (AvgIpc) is 3.19. The number of carboxylic acid groups (broad SMARTS) is 1. The molecule has 0 aliphatic carbocycles. The van der Waals surface area contributed by atoms with Crippen LogP contribution >= 0.6 is 11.3 Å². The van der Waals surface area contributed by atoms with Crippen LogP contribution < -0.4 is 5.32 Å². The normalized spacial score (nSPS) is 12.8. The maximum atomic E-state index is 11.9.